The first-order valence-corrected chi connectivity index (χ1v) is 6.53. The number of aromatic carboxylic acids is 1. The Labute approximate surface area is 111 Å². The predicted molar refractivity (Wildman–Crippen MR) is 72.3 cm³/mol. The molecule has 5 heteroatoms. The van der Waals surface area contributed by atoms with E-state index in [1.165, 1.54) is 12.8 Å². The van der Waals surface area contributed by atoms with Gasteiger partial charge in [0.2, 0.25) is 0 Å². The SMILES string of the molecule is CN(CCn1cnc2cc(C(=O)O)ccc21)C1CC1. The van der Waals surface area contributed by atoms with Crippen molar-refractivity contribution in [2.24, 2.45) is 0 Å². The molecule has 100 valence electrons. The summed E-state index contributed by atoms with van der Waals surface area (Å²) in [7, 11) is 2.15. The lowest BCUT2D eigenvalue weighted by molar-refractivity contribution is 0.0697. The van der Waals surface area contributed by atoms with Crippen LogP contribution in [-0.2, 0) is 6.54 Å². The average molecular weight is 259 g/mol. The lowest BCUT2D eigenvalue weighted by Crippen LogP contribution is -2.25. The quantitative estimate of drug-likeness (QED) is 0.890. The van der Waals surface area contributed by atoms with Crippen molar-refractivity contribution >= 4 is 17.0 Å². The molecule has 2 aromatic rings. The molecule has 0 bridgehead atoms. The molecule has 0 amide bonds. The van der Waals surface area contributed by atoms with E-state index in [0.717, 1.165) is 30.2 Å². The molecule has 1 aliphatic rings. The summed E-state index contributed by atoms with van der Waals surface area (Å²) in [5.41, 5.74) is 2.02. The Morgan fingerprint density at radius 1 is 1.53 bits per heavy atom. The molecule has 0 unspecified atom stereocenters. The lowest BCUT2D eigenvalue weighted by atomic mass is 10.2. The molecule has 1 aliphatic carbocycles. The summed E-state index contributed by atoms with van der Waals surface area (Å²) in [5, 5.41) is 8.95. The van der Waals surface area contributed by atoms with Crippen LogP contribution < -0.4 is 0 Å². The first-order chi connectivity index (χ1) is 9.15. The van der Waals surface area contributed by atoms with Gasteiger partial charge in [-0.1, -0.05) is 0 Å². The van der Waals surface area contributed by atoms with Crippen LogP contribution in [0.1, 0.15) is 23.2 Å². The number of imidazole rings is 1. The van der Waals surface area contributed by atoms with Gasteiger partial charge in [-0.25, -0.2) is 9.78 Å². The van der Waals surface area contributed by atoms with E-state index in [1.54, 1.807) is 18.5 Å². The smallest absolute Gasteiger partial charge is 0.335 e. The Bertz CT molecular complexity index is 616. The molecule has 1 N–H and O–H groups in total. The molecule has 1 aromatic heterocycles. The minimum Gasteiger partial charge on any atom is -0.478 e. The van der Waals surface area contributed by atoms with Gasteiger partial charge in [0.25, 0.3) is 0 Å². The Balaban J connectivity index is 1.78. The van der Waals surface area contributed by atoms with Crippen LogP contribution in [0.5, 0.6) is 0 Å². The highest BCUT2D eigenvalue weighted by molar-refractivity contribution is 5.92. The van der Waals surface area contributed by atoms with E-state index in [0.29, 0.717) is 0 Å². The highest BCUT2D eigenvalue weighted by Crippen LogP contribution is 2.25. The summed E-state index contributed by atoms with van der Waals surface area (Å²) in [4.78, 5) is 17.6. The molecule has 19 heavy (non-hydrogen) atoms. The Hall–Kier alpha value is -1.88. The Morgan fingerprint density at radius 2 is 2.32 bits per heavy atom. The molecular formula is C14H17N3O2. The molecular weight excluding hydrogens is 242 g/mol. The third-order valence-corrected chi connectivity index (χ3v) is 3.73. The minimum atomic E-state index is -0.912. The number of hydrogen-bond acceptors (Lipinski definition) is 3. The second-order valence-electron chi connectivity index (χ2n) is 5.16. The van der Waals surface area contributed by atoms with E-state index >= 15 is 0 Å². The van der Waals surface area contributed by atoms with Crippen LogP contribution in [0, 0.1) is 0 Å². The van der Waals surface area contributed by atoms with E-state index in [-0.39, 0.29) is 5.56 Å². The molecule has 0 aliphatic heterocycles. The van der Waals surface area contributed by atoms with Crippen LogP contribution in [0.2, 0.25) is 0 Å². The molecule has 0 atom stereocenters. The number of fused-ring (bicyclic) bond motifs is 1. The molecule has 0 spiro atoms. The van der Waals surface area contributed by atoms with Gasteiger partial charge in [-0.05, 0) is 38.1 Å². The summed E-state index contributed by atoms with van der Waals surface area (Å²) >= 11 is 0. The second kappa shape index (κ2) is 4.66. The fraction of sp³-hybridized carbons (Fsp3) is 0.429. The van der Waals surface area contributed by atoms with Crippen LogP contribution in [0.25, 0.3) is 11.0 Å². The molecule has 3 rings (SSSR count). The molecule has 1 saturated carbocycles. The molecule has 0 radical (unpaired) electrons. The zero-order valence-electron chi connectivity index (χ0n) is 10.9. The summed E-state index contributed by atoms with van der Waals surface area (Å²) in [6.45, 7) is 1.88. The van der Waals surface area contributed by atoms with Crippen LogP contribution in [0.3, 0.4) is 0 Å². The lowest BCUT2D eigenvalue weighted by Gasteiger charge is -2.15. The fourth-order valence-electron chi connectivity index (χ4n) is 2.34. The van der Waals surface area contributed by atoms with E-state index in [9.17, 15) is 4.79 Å². The van der Waals surface area contributed by atoms with Crippen molar-refractivity contribution in [2.45, 2.75) is 25.4 Å². The van der Waals surface area contributed by atoms with Crippen LogP contribution in [-0.4, -0.2) is 45.2 Å². The standard InChI is InChI=1S/C14H17N3O2/c1-16(11-3-4-11)6-7-17-9-15-12-8-10(14(18)19)2-5-13(12)17/h2,5,8-9,11H,3-4,6-7H2,1H3,(H,18,19). The third kappa shape index (κ3) is 2.46. The zero-order valence-corrected chi connectivity index (χ0v) is 10.9. The van der Waals surface area contributed by atoms with Gasteiger partial charge in [0.15, 0.2) is 0 Å². The largest absolute Gasteiger partial charge is 0.478 e. The number of carboxylic acid groups (broad SMARTS) is 1. The first-order valence-electron chi connectivity index (χ1n) is 6.53. The third-order valence-electron chi connectivity index (χ3n) is 3.73. The summed E-state index contributed by atoms with van der Waals surface area (Å²) in [6.07, 6.45) is 4.41. The van der Waals surface area contributed by atoms with Crippen molar-refractivity contribution in [2.75, 3.05) is 13.6 Å². The van der Waals surface area contributed by atoms with Crippen molar-refractivity contribution in [1.82, 2.24) is 14.5 Å². The van der Waals surface area contributed by atoms with Gasteiger partial charge in [-0.3, -0.25) is 0 Å². The van der Waals surface area contributed by atoms with Gasteiger partial charge in [0.05, 0.1) is 22.9 Å². The molecule has 5 nitrogen and oxygen atoms in total. The number of rotatable bonds is 5. The van der Waals surface area contributed by atoms with Crippen LogP contribution in [0.4, 0.5) is 0 Å². The average Bonchev–Trinajstić information content (AvgIpc) is 3.17. The topological polar surface area (TPSA) is 58.4 Å². The van der Waals surface area contributed by atoms with Gasteiger partial charge < -0.3 is 14.6 Å². The maximum absolute atomic E-state index is 10.9. The van der Waals surface area contributed by atoms with Gasteiger partial charge in [-0.2, -0.15) is 0 Å². The minimum absolute atomic E-state index is 0.285. The van der Waals surface area contributed by atoms with Gasteiger partial charge >= 0.3 is 5.97 Å². The highest BCUT2D eigenvalue weighted by Gasteiger charge is 2.25. The predicted octanol–water partition coefficient (Wildman–Crippen LogP) is 1.83. The Kier molecular flexibility index (Phi) is 2.98. The van der Waals surface area contributed by atoms with E-state index in [2.05, 4.69) is 21.5 Å². The maximum Gasteiger partial charge on any atom is 0.335 e. The first kappa shape index (κ1) is 12.2. The second-order valence-corrected chi connectivity index (χ2v) is 5.16. The molecule has 0 saturated heterocycles. The zero-order chi connectivity index (χ0) is 13.4. The monoisotopic (exact) mass is 259 g/mol. The van der Waals surface area contributed by atoms with Gasteiger partial charge in [-0.15, -0.1) is 0 Å². The number of carbonyl (C=O) groups is 1. The number of aromatic nitrogens is 2. The van der Waals surface area contributed by atoms with E-state index < -0.39 is 5.97 Å². The van der Waals surface area contributed by atoms with Gasteiger partial charge in [0.1, 0.15) is 0 Å². The molecule has 1 heterocycles. The number of likely N-dealkylation sites (N-methyl/N-ethyl adjacent to an activating group) is 1. The summed E-state index contributed by atoms with van der Waals surface area (Å²) in [5.74, 6) is -0.912. The normalized spacial score (nSPS) is 15.3. The van der Waals surface area contributed by atoms with Crippen molar-refractivity contribution in [1.29, 1.82) is 0 Å². The molecule has 1 aromatic carbocycles. The van der Waals surface area contributed by atoms with Crippen molar-refractivity contribution in [3.05, 3.63) is 30.1 Å². The van der Waals surface area contributed by atoms with Crippen molar-refractivity contribution in [3.63, 3.8) is 0 Å². The van der Waals surface area contributed by atoms with Crippen LogP contribution >= 0.6 is 0 Å². The summed E-state index contributed by atoms with van der Waals surface area (Å²) < 4.78 is 2.08. The number of nitrogens with zero attached hydrogens (tertiary/aromatic N) is 3. The maximum atomic E-state index is 10.9. The summed E-state index contributed by atoms with van der Waals surface area (Å²) in [6, 6.07) is 5.85. The van der Waals surface area contributed by atoms with E-state index in [1.807, 2.05) is 6.07 Å². The fourth-order valence-corrected chi connectivity index (χ4v) is 2.34. The Morgan fingerprint density at radius 3 is 3.00 bits per heavy atom. The van der Waals surface area contributed by atoms with Crippen LogP contribution in [0.15, 0.2) is 24.5 Å². The number of benzene rings is 1. The van der Waals surface area contributed by atoms with Gasteiger partial charge in [0, 0.05) is 19.1 Å². The van der Waals surface area contributed by atoms with Crippen molar-refractivity contribution < 1.29 is 9.90 Å². The number of hydrogen-bond donors (Lipinski definition) is 1. The highest BCUT2D eigenvalue weighted by atomic mass is 16.4. The molecule has 1 fully saturated rings. The number of carboxylic acids is 1. The van der Waals surface area contributed by atoms with Crippen molar-refractivity contribution in [3.8, 4) is 0 Å². The van der Waals surface area contributed by atoms with E-state index in [4.69, 9.17) is 5.11 Å².